The standard InChI is InChI=1S/C16H15N5.C2HF3O2/c1-10(2)11-3-5-12(6-4-11)16-20-19-14-9-18-15-13(21(14)16)7-8-17-15;3-2(4,5)1(6)7/h3-10,17H,1-2H3;(H,6,7). The number of aliphatic carboxylic acids is 1. The number of rotatable bonds is 2. The van der Waals surface area contributed by atoms with Gasteiger partial charge in [-0.05, 0) is 17.5 Å². The van der Waals surface area contributed by atoms with Gasteiger partial charge >= 0.3 is 12.1 Å². The van der Waals surface area contributed by atoms with Gasteiger partial charge in [0.2, 0.25) is 0 Å². The molecule has 1 aromatic carbocycles. The van der Waals surface area contributed by atoms with E-state index >= 15 is 0 Å². The number of H-pyrrole nitrogens is 1. The third kappa shape index (κ3) is 3.80. The highest BCUT2D eigenvalue weighted by Crippen LogP contribution is 2.24. The minimum Gasteiger partial charge on any atom is -0.475 e. The fraction of sp³-hybridized carbons (Fsp3) is 0.222. The molecule has 7 nitrogen and oxygen atoms in total. The summed E-state index contributed by atoms with van der Waals surface area (Å²) < 4.78 is 33.8. The van der Waals surface area contributed by atoms with Gasteiger partial charge in [-0.1, -0.05) is 38.1 Å². The van der Waals surface area contributed by atoms with Crippen molar-refractivity contribution in [3.05, 3.63) is 48.3 Å². The highest BCUT2D eigenvalue weighted by molar-refractivity contribution is 5.77. The second-order valence-corrected chi connectivity index (χ2v) is 6.27. The number of carboxylic acid groups (broad SMARTS) is 1. The van der Waals surface area contributed by atoms with Crippen LogP contribution in [0.5, 0.6) is 0 Å². The van der Waals surface area contributed by atoms with Crippen molar-refractivity contribution in [2.75, 3.05) is 0 Å². The Labute approximate surface area is 156 Å². The molecule has 0 unspecified atom stereocenters. The summed E-state index contributed by atoms with van der Waals surface area (Å²) >= 11 is 0. The van der Waals surface area contributed by atoms with E-state index in [1.54, 1.807) is 6.20 Å². The normalized spacial score (nSPS) is 11.6. The van der Waals surface area contributed by atoms with Gasteiger partial charge in [0.15, 0.2) is 17.1 Å². The van der Waals surface area contributed by atoms with Crippen molar-refractivity contribution >= 4 is 22.8 Å². The molecular formula is C18H16F3N5O2. The first kappa shape index (κ1) is 19.3. The molecule has 0 fully saturated rings. The van der Waals surface area contributed by atoms with E-state index in [2.05, 4.69) is 58.3 Å². The zero-order valence-electron chi connectivity index (χ0n) is 14.9. The van der Waals surface area contributed by atoms with E-state index in [1.165, 1.54) is 5.56 Å². The maximum absolute atomic E-state index is 10.6. The molecule has 0 spiro atoms. The lowest BCUT2D eigenvalue weighted by atomic mass is 10.0. The third-order valence-corrected chi connectivity index (χ3v) is 4.02. The average molecular weight is 391 g/mol. The molecule has 0 radical (unpaired) electrons. The Balaban J connectivity index is 0.000000279. The van der Waals surface area contributed by atoms with Crippen LogP contribution >= 0.6 is 0 Å². The highest BCUT2D eigenvalue weighted by Gasteiger charge is 2.38. The molecule has 4 rings (SSSR count). The summed E-state index contributed by atoms with van der Waals surface area (Å²) in [6, 6.07) is 10.5. The molecule has 0 atom stereocenters. The highest BCUT2D eigenvalue weighted by atomic mass is 19.4. The summed E-state index contributed by atoms with van der Waals surface area (Å²) in [7, 11) is 0. The fourth-order valence-electron chi connectivity index (χ4n) is 2.58. The van der Waals surface area contributed by atoms with Gasteiger partial charge in [0, 0.05) is 11.8 Å². The van der Waals surface area contributed by atoms with Crippen molar-refractivity contribution in [1.29, 1.82) is 0 Å². The van der Waals surface area contributed by atoms with Crippen LogP contribution < -0.4 is 0 Å². The van der Waals surface area contributed by atoms with Crippen molar-refractivity contribution in [1.82, 2.24) is 24.6 Å². The number of carbonyl (C=O) groups is 1. The minimum atomic E-state index is -5.08. The number of fused-ring (bicyclic) bond motifs is 3. The van der Waals surface area contributed by atoms with Crippen molar-refractivity contribution in [2.45, 2.75) is 25.9 Å². The van der Waals surface area contributed by atoms with E-state index in [9.17, 15) is 13.2 Å². The molecule has 10 heteroatoms. The number of alkyl halides is 3. The second-order valence-electron chi connectivity index (χ2n) is 6.27. The van der Waals surface area contributed by atoms with Crippen LogP contribution in [0, 0.1) is 0 Å². The van der Waals surface area contributed by atoms with Crippen LogP contribution in [0.25, 0.3) is 28.2 Å². The molecule has 0 aliphatic carbocycles. The third-order valence-electron chi connectivity index (χ3n) is 4.02. The Morgan fingerprint density at radius 1 is 1.14 bits per heavy atom. The summed E-state index contributed by atoms with van der Waals surface area (Å²) in [4.78, 5) is 16.3. The number of hydrogen-bond donors (Lipinski definition) is 2. The summed E-state index contributed by atoms with van der Waals surface area (Å²) in [5, 5.41) is 15.7. The lowest BCUT2D eigenvalue weighted by Crippen LogP contribution is -2.21. The van der Waals surface area contributed by atoms with Crippen LogP contribution in [0.4, 0.5) is 13.2 Å². The first-order valence-corrected chi connectivity index (χ1v) is 8.26. The van der Waals surface area contributed by atoms with Crippen molar-refractivity contribution < 1.29 is 23.1 Å². The Hall–Kier alpha value is -3.43. The van der Waals surface area contributed by atoms with Gasteiger partial charge in [0.05, 0.1) is 11.7 Å². The van der Waals surface area contributed by atoms with Crippen LogP contribution in [0.15, 0.2) is 42.7 Å². The van der Waals surface area contributed by atoms with E-state index in [1.807, 2.05) is 16.7 Å². The monoisotopic (exact) mass is 391 g/mol. The molecule has 0 aliphatic heterocycles. The zero-order valence-corrected chi connectivity index (χ0v) is 14.9. The second kappa shape index (κ2) is 7.29. The quantitative estimate of drug-likeness (QED) is 0.538. The van der Waals surface area contributed by atoms with E-state index in [4.69, 9.17) is 9.90 Å². The van der Waals surface area contributed by atoms with Gasteiger partial charge in [-0.15, -0.1) is 10.2 Å². The maximum atomic E-state index is 10.6. The number of nitrogens with one attached hydrogen (secondary N) is 1. The van der Waals surface area contributed by atoms with E-state index in [0.717, 1.165) is 28.2 Å². The van der Waals surface area contributed by atoms with Crippen LogP contribution in [0.1, 0.15) is 25.3 Å². The summed E-state index contributed by atoms with van der Waals surface area (Å²) in [6.07, 6.45) is -1.47. The Morgan fingerprint density at radius 2 is 1.79 bits per heavy atom. The maximum Gasteiger partial charge on any atom is 0.490 e. The molecule has 0 saturated carbocycles. The molecule has 4 aromatic rings. The topological polar surface area (TPSA) is 96.2 Å². The number of hydrogen-bond acceptors (Lipinski definition) is 4. The minimum absolute atomic E-state index is 0.523. The lowest BCUT2D eigenvalue weighted by Gasteiger charge is -2.06. The van der Waals surface area contributed by atoms with Gasteiger partial charge in [0.25, 0.3) is 0 Å². The number of nitrogens with zero attached hydrogens (tertiary/aromatic N) is 4. The van der Waals surface area contributed by atoms with E-state index in [-0.39, 0.29) is 0 Å². The van der Waals surface area contributed by atoms with Gasteiger partial charge in [0.1, 0.15) is 0 Å². The Kier molecular flexibility index (Phi) is 5.04. The van der Waals surface area contributed by atoms with Gasteiger partial charge in [-0.2, -0.15) is 13.2 Å². The number of halogens is 3. The number of aromatic nitrogens is 5. The molecule has 0 aliphatic rings. The van der Waals surface area contributed by atoms with Crippen molar-refractivity contribution in [3.63, 3.8) is 0 Å². The summed E-state index contributed by atoms with van der Waals surface area (Å²) in [5.74, 6) is -1.39. The smallest absolute Gasteiger partial charge is 0.475 e. The number of benzene rings is 1. The molecule has 28 heavy (non-hydrogen) atoms. The van der Waals surface area contributed by atoms with Crippen molar-refractivity contribution in [2.24, 2.45) is 0 Å². The van der Waals surface area contributed by atoms with E-state index < -0.39 is 12.1 Å². The summed E-state index contributed by atoms with van der Waals surface area (Å²) in [5.41, 5.74) is 4.95. The molecule has 0 bridgehead atoms. The first-order valence-electron chi connectivity index (χ1n) is 8.26. The average Bonchev–Trinajstić information content (AvgIpc) is 3.27. The van der Waals surface area contributed by atoms with Gasteiger partial charge in [-0.3, -0.25) is 4.40 Å². The van der Waals surface area contributed by atoms with Crippen LogP contribution in [0.2, 0.25) is 0 Å². The van der Waals surface area contributed by atoms with Gasteiger partial charge < -0.3 is 10.1 Å². The molecule has 146 valence electrons. The van der Waals surface area contributed by atoms with Crippen LogP contribution in [0.3, 0.4) is 0 Å². The van der Waals surface area contributed by atoms with Crippen LogP contribution in [-0.2, 0) is 4.79 Å². The Morgan fingerprint density at radius 3 is 2.36 bits per heavy atom. The van der Waals surface area contributed by atoms with E-state index in [0.29, 0.717) is 5.92 Å². The first-order chi connectivity index (χ1) is 13.2. The molecule has 0 amide bonds. The number of carboxylic acids is 1. The van der Waals surface area contributed by atoms with Crippen LogP contribution in [-0.4, -0.2) is 41.8 Å². The molecule has 3 heterocycles. The molecule has 2 N–H and O–H groups in total. The molecule has 0 saturated heterocycles. The Bertz CT molecular complexity index is 1110. The zero-order chi connectivity index (χ0) is 20.5. The molecule has 3 aromatic heterocycles. The van der Waals surface area contributed by atoms with Gasteiger partial charge in [-0.25, -0.2) is 9.78 Å². The predicted molar refractivity (Wildman–Crippen MR) is 95.9 cm³/mol. The SMILES string of the molecule is CC(C)c1ccc(-c2nnc3cnc4[nH]ccc4n23)cc1.O=C(O)C(F)(F)F. The predicted octanol–water partition coefficient (Wildman–Crippen LogP) is 4.03. The largest absolute Gasteiger partial charge is 0.490 e. The molecular weight excluding hydrogens is 375 g/mol. The fourth-order valence-corrected chi connectivity index (χ4v) is 2.58. The summed E-state index contributed by atoms with van der Waals surface area (Å²) in [6.45, 7) is 4.38. The number of aromatic amines is 1. The lowest BCUT2D eigenvalue weighted by molar-refractivity contribution is -0.192. The van der Waals surface area contributed by atoms with Crippen molar-refractivity contribution in [3.8, 4) is 11.4 Å².